The van der Waals surface area contributed by atoms with E-state index >= 15 is 0 Å². The van der Waals surface area contributed by atoms with Gasteiger partial charge in [0, 0.05) is 25.6 Å². The molecule has 3 heterocycles. The zero-order valence-electron chi connectivity index (χ0n) is 11.7. The van der Waals surface area contributed by atoms with Gasteiger partial charge in [-0.1, -0.05) is 0 Å². The molecule has 0 radical (unpaired) electrons. The molecule has 2 aliphatic rings. The van der Waals surface area contributed by atoms with Crippen molar-refractivity contribution in [2.75, 3.05) is 13.1 Å². The number of fused-ring (bicyclic) bond motifs is 1. The minimum Gasteiger partial charge on any atom is -0.337 e. The van der Waals surface area contributed by atoms with E-state index in [1.807, 2.05) is 4.90 Å². The minimum absolute atomic E-state index is 0.145. The van der Waals surface area contributed by atoms with Crippen molar-refractivity contribution in [1.29, 1.82) is 0 Å². The molecule has 108 valence electrons. The number of nitrogens with zero attached hydrogens (tertiary/aromatic N) is 2. The van der Waals surface area contributed by atoms with Gasteiger partial charge in [0.2, 0.25) is 11.8 Å². The van der Waals surface area contributed by atoms with E-state index in [2.05, 4.69) is 23.8 Å². The molecule has 2 fully saturated rings. The van der Waals surface area contributed by atoms with Crippen molar-refractivity contribution in [3.8, 4) is 0 Å². The normalized spacial score (nSPS) is 24.8. The molecule has 5 heteroatoms. The summed E-state index contributed by atoms with van der Waals surface area (Å²) in [4.78, 5) is 28.5. The molecule has 2 atom stereocenters. The highest BCUT2D eigenvalue weighted by Crippen LogP contribution is 2.25. The molecule has 4 nitrogen and oxygen atoms in total. The van der Waals surface area contributed by atoms with E-state index in [0.717, 1.165) is 25.8 Å². The third-order valence-corrected chi connectivity index (χ3v) is 5.08. The first-order chi connectivity index (χ1) is 9.66. The Kier molecular flexibility index (Phi) is 3.78. The predicted molar refractivity (Wildman–Crippen MR) is 78.6 cm³/mol. The van der Waals surface area contributed by atoms with Gasteiger partial charge < -0.3 is 9.80 Å². The zero-order chi connectivity index (χ0) is 14.1. The number of thiophene rings is 1. The Morgan fingerprint density at radius 3 is 3.00 bits per heavy atom. The Morgan fingerprint density at radius 1 is 1.40 bits per heavy atom. The summed E-state index contributed by atoms with van der Waals surface area (Å²) in [6.45, 7) is 3.41. The maximum absolute atomic E-state index is 12.7. The third-order valence-electron chi connectivity index (χ3n) is 4.35. The smallest absolute Gasteiger partial charge is 0.245 e. The fourth-order valence-electron chi connectivity index (χ4n) is 3.28. The molecule has 3 rings (SSSR count). The van der Waals surface area contributed by atoms with Crippen LogP contribution >= 0.6 is 11.3 Å². The average Bonchev–Trinajstić information content (AvgIpc) is 3.06. The lowest BCUT2D eigenvalue weighted by molar-refractivity contribution is -0.140. The van der Waals surface area contributed by atoms with Gasteiger partial charge in [0.25, 0.3) is 0 Å². The van der Waals surface area contributed by atoms with Crippen molar-refractivity contribution in [1.82, 2.24) is 9.80 Å². The molecule has 2 aliphatic heterocycles. The highest BCUT2D eigenvalue weighted by Gasteiger charge is 2.40. The Bertz CT molecular complexity index is 500. The summed E-state index contributed by atoms with van der Waals surface area (Å²) in [5, 5.41) is 4.19. The van der Waals surface area contributed by atoms with Crippen LogP contribution in [0.1, 0.15) is 31.7 Å². The molecule has 0 aliphatic carbocycles. The van der Waals surface area contributed by atoms with Crippen LogP contribution in [-0.4, -0.2) is 46.8 Å². The van der Waals surface area contributed by atoms with Crippen LogP contribution < -0.4 is 0 Å². The van der Waals surface area contributed by atoms with Crippen LogP contribution in [0.5, 0.6) is 0 Å². The summed E-state index contributed by atoms with van der Waals surface area (Å²) in [6.07, 6.45) is 3.12. The molecule has 0 N–H and O–H groups in total. The van der Waals surface area contributed by atoms with E-state index < -0.39 is 0 Å². The van der Waals surface area contributed by atoms with Crippen LogP contribution in [0.3, 0.4) is 0 Å². The SMILES string of the molecule is CC(Cc1ccsc1)N1CCC(=O)N2CCCC2C1=O. The van der Waals surface area contributed by atoms with E-state index in [-0.39, 0.29) is 23.9 Å². The Balaban J connectivity index is 1.75. The molecule has 2 unspecified atom stereocenters. The number of carbonyl (C=O) groups is 2. The van der Waals surface area contributed by atoms with Crippen LogP contribution in [0.2, 0.25) is 0 Å². The highest BCUT2D eigenvalue weighted by atomic mass is 32.1. The van der Waals surface area contributed by atoms with Gasteiger partial charge in [0.15, 0.2) is 0 Å². The zero-order valence-corrected chi connectivity index (χ0v) is 12.6. The van der Waals surface area contributed by atoms with Gasteiger partial charge >= 0.3 is 0 Å². The van der Waals surface area contributed by atoms with Crippen LogP contribution in [0.25, 0.3) is 0 Å². The standard InChI is InChI=1S/C15H20N2O2S/c1-11(9-12-5-8-20-10-12)16-7-4-14(18)17-6-2-3-13(17)15(16)19/h5,8,10-11,13H,2-4,6-7,9H2,1H3. The van der Waals surface area contributed by atoms with Crippen molar-refractivity contribution in [3.05, 3.63) is 22.4 Å². The summed E-state index contributed by atoms with van der Waals surface area (Å²) in [6, 6.07) is 2.07. The Morgan fingerprint density at radius 2 is 2.25 bits per heavy atom. The summed E-state index contributed by atoms with van der Waals surface area (Å²) in [7, 11) is 0. The molecule has 0 saturated carbocycles. The lowest BCUT2D eigenvalue weighted by Gasteiger charge is -2.30. The first-order valence-corrected chi connectivity index (χ1v) is 8.22. The lowest BCUT2D eigenvalue weighted by Crippen LogP contribution is -2.47. The Hall–Kier alpha value is -1.36. The average molecular weight is 292 g/mol. The van der Waals surface area contributed by atoms with E-state index in [0.29, 0.717) is 13.0 Å². The number of amides is 2. The van der Waals surface area contributed by atoms with Crippen molar-refractivity contribution in [2.24, 2.45) is 0 Å². The van der Waals surface area contributed by atoms with Gasteiger partial charge in [-0.3, -0.25) is 9.59 Å². The molecule has 20 heavy (non-hydrogen) atoms. The van der Waals surface area contributed by atoms with Crippen molar-refractivity contribution >= 4 is 23.2 Å². The molecular formula is C15H20N2O2S. The van der Waals surface area contributed by atoms with Crippen LogP contribution in [0.15, 0.2) is 16.8 Å². The van der Waals surface area contributed by atoms with Gasteiger partial charge in [-0.2, -0.15) is 11.3 Å². The molecule has 1 aromatic rings. The number of rotatable bonds is 3. The number of carbonyl (C=O) groups excluding carboxylic acids is 2. The van der Waals surface area contributed by atoms with Crippen molar-refractivity contribution < 1.29 is 9.59 Å². The van der Waals surface area contributed by atoms with Gasteiger partial charge in [-0.05, 0) is 48.6 Å². The molecule has 2 amide bonds. The molecule has 2 saturated heterocycles. The molecular weight excluding hydrogens is 272 g/mol. The summed E-state index contributed by atoms with van der Waals surface area (Å²) < 4.78 is 0. The van der Waals surface area contributed by atoms with Crippen molar-refractivity contribution in [3.63, 3.8) is 0 Å². The van der Waals surface area contributed by atoms with Gasteiger partial charge in [0.05, 0.1) is 0 Å². The maximum atomic E-state index is 12.7. The van der Waals surface area contributed by atoms with Gasteiger partial charge in [0.1, 0.15) is 6.04 Å². The van der Waals surface area contributed by atoms with Gasteiger partial charge in [-0.15, -0.1) is 0 Å². The summed E-state index contributed by atoms with van der Waals surface area (Å²) in [5.41, 5.74) is 1.27. The monoisotopic (exact) mass is 292 g/mol. The second-order valence-electron chi connectivity index (χ2n) is 5.71. The quantitative estimate of drug-likeness (QED) is 0.854. The fourth-order valence-corrected chi connectivity index (χ4v) is 3.96. The number of hydrogen-bond acceptors (Lipinski definition) is 3. The summed E-state index contributed by atoms with van der Waals surface area (Å²) >= 11 is 1.68. The lowest BCUT2D eigenvalue weighted by atomic mass is 10.1. The number of hydrogen-bond donors (Lipinski definition) is 0. The molecule has 0 bridgehead atoms. The van der Waals surface area contributed by atoms with E-state index in [1.165, 1.54) is 5.56 Å². The van der Waals surface area contributed by atoms with Crippen molar-refractivity contribution in [2.45, 2.75) is 44.7 Å². The molecule has 0 spiro atoms. The van der Waals surface area contributed by atoms with Crippen LogP contribution in [0, 0.1) is 0 Å². The first-order valence-electron chi connectivity index (χ1n) is 7.28. The van der Waals surface area contributed by atoms with Crippen LogP contribution in [-0.2, 0) is 16.0 Å². The predicted octanol–water partition coefficient (Wildman–Crippen LogP) is 1.90. The summed E-state index contributed by atoms with van der Waals surface area (Å²) in [5.74, 6) is 0.294. The molecule has 0 aromatic carbocycles. The largest absolute Gasteiger partial charge is 0.337 e. The highest BCUT2D eigenvalue weighted by molar-refractivity contribution is 7.07. The van der Waals surface area contributed by atoms with Crippen LogP contribution in [0.4, 0.5) is 0 Å². The van der Waals surface area contributed by atoms with E-state index in [9.17, 15) is 9.59 Å². The maximum Gasteiger partial charge on any atom is 0.245 e. The topological polar surface area (TPSA) is 40.6 Å². The fraction of sp³-hybridized carbons (Fsp3) is 0.600. The van der Waals surface area contributed by atoms with E-state index in [1.54, 1.807) is 16.2 Å². The first kappa shape index (κ1) is 13.6. The second kappa shape index (κ2) is 5.56. The Labute approximate surface area is 123 Å². The second-order valence-corrected chi connectivity index (χ2v) is 6.49. The van der Waals surface area contributed by atoms with E-state index in [4.69, 9.17) is 0 Å². The van der Waals surface area contributed by atoms with Gasteiger partial charge in [-0.25, -0.2) is 0 Å². The third kappa shape index (κ3) is 2.46. The minimum atomic E-state index is -0.199. The molecule has 1 aromatic heterocycles.